The Labute approximate surface area is 134 Å². The molecule has 1 unspecified atom stereocenters. The zero-order valence-corrected chi connectivity index (χ0v) is 13.0. The molecular weight excluding hydrogens is 290 g/mol. The molecule has 0 radical (unpaired) electrons. The van der Waals surface area contributed by atoms with Gasteiger partial charge in [0.1, 0.15) is 17.4 Å². The summed E-state index contributed by atoms with van der Waals surface area (Å²) in [7, 11) is 1.60. The van der Waals surface area contributed by atoms with Crippen LogP contribution in [0.1, 0.15) is 6.92 Å². The summed E-state index contributed by atoms with van der Waals surface area (Å²) in [4.78, 5) is 17.0. The summed E-state index contributed by atoms with van der Waals surface area (Å²) < 4.78 is 5.27. The van der Waals surface area contributed by atoms with E-state index in [2.05, 4.69) is 10.1 Å². The van der Waals surface area contributed by atoms with E-state index < -0.39 is 5.92 Å². The average molecular weight is 307 g/mol. The Hall–Kier alpha value is -2.95. The summed E-state index contributed by atoms with van der Waals surface area (Å²) in [5.74, 6) is 0.108. The second kappa shape index (κ2) is 6.44. The first kappa shape index (κ1) is 15.0. The molecule has 1 aliphatic rings. The van der Waals surface area contributed by atoms with Crippen molar-refractivity contribution in [1.29, 1.82) is 0 Å². The van der Waals surface area contributed by atoms with Gasteiger partial charge in [0.15, 0.2) is 0 Å². The molecule has 23 heavy (non-hydrogen) atoms. The molecule has 0 N–H and O–H groups in total. The maximum atomic E-state index is 12.6. The van der Waals surface area contributed by atoms with Gasteiger partial charge in [0.25, 0.3) is 5.91 Å². The number of carbonyl (C=O) groups excluding carboxylic acids is 1. The lowest BCUT2D eigenvalue weighted by Gasteiger charge is -2.12. The van der Waals surface area contributed by atoms with Crippen LogP contribution in [0.4, 0.5) is 11.4 Å². The molecule has 0 bridgehead atoms. The fraction of sp³-hybridized carbons (Fsp3) is 0.167. The second-order valence-corrected chi connectivity index (χ2v) is 5.15. The Morgan fingerprint density at radius 2 is 1.83 bits per heavy atom. The molecule has 2 aromatic rings. The van der Waals surface area contributed by atoms with Crippen molar-refractivity contribution >= 4 is 29.2 Å². The Morgan fingerprint density at radius 3 is 2.57 bits per heavy atom. The summed E-state index contributed by atoms with van der Waals surface area (Å²) in [5.41, 5.74) is 2.16. The van der Waals surface area contributed by atoms with Crippen LogP contribution in [0, 0.1) is 5.92 Å². The van der Waals surface area contributed by atoms with Crippen LogP contribution in [0.25, 0.3) is 0 Å². The number of para-hydroxylation sites is 3. The van der Waals surface area contributed by atoms with Crippen LogP contribution < -0.4 is 9.75 Å². The van der Waals surface area contributed by atoms with Crippen molar-refractivity contribution in [2.45, 2.75) is 6.92 Å². The molecule has 1 amide bonds. The molecule has 5 heteroatoms. The first-order chi connectivity index (χ1) is 11.2. The highest BCUT2D eigenvalue weighted by Crippen LogP contribution is 2.27. The van der Waals surface area contributed by atoms with Crippen molar-refractivity contribution in [3.63, 3.8) is 0 Å². The summed E-state index contributed by atoms with van der Waals surface area (Å²) in [6, 6.07) is 16.8. The van der Waals surface area contributed by atoms with Gasteiger partial charge in [-0.1, -0.05) is 30.3 Å². The maximum absolute atomic E-state index is 12.6. The molecule has 0 saturated heterocycles. The number of anilines is 1. The van der Waals surface area contributed by atoms with Crippen molar-refractivity contribution in [1.82, 2.24) is 0 Å². The number of aliphatic imine (C=N–C) groups is 1. The zero-order valence-electron chi connectivity index (χ0n) is 13.0. The van der Waals surface area contributed by atoms with Crippen molar-refractivity contribution < 1.29 is 9.53 Å². The molecule has 0 saturated carbocycles. The maximum Gasteiger partial charge on any atom is 0.261 e. The quantitative estimate of drug-likeness (QED) is 0.813. The van der Waals surface area contributed by atoms with Gasteiger partial charge >= 0.3 is 0 Å². The third-order valence-electron chi connectivity index (χ3n) is 3.63. The molecule has 5 nitrogen and oxygen atoms in total. The van der Waals surface area contributed by atoms with E-state index in [1.54, 1.807) is 13.3 Å². The fourth-order valence-corrected chi connectivity index (χ4v) is 2.40. The van der Waals surface area contributed by atoms with Crippen molar-refractivity contribution in [3.8, 4) is 5.75 Å². The van der Waals surface area contributed by atoms with Gasteiger partial charge in [0.2, 0.25) is 0 Å². The molecule has 116 valence electrons. The van der Waals surface area contributed by atoms with Crippen LogP contribution in [0.3, 0.4) is 0 Å². The van der Waals surface area contributed by atoms with E-state index in [0.29, 0.717) is 11.4 Å². The van der Waals surface area contributed by atoms with Gasteiger partial charge in [-0.15, -0.1) is 0 Å². The normalized spacial score (nSPS) is 17.7. The highest BCUT2D eigenvalue weighted by Gasteiger charge is 2.33. The fourth-order valence-electron chi connectivity index (χ4n) is 2.40. The molecule has 1 aliphatic heterocycles. The molecule has 3 rings (SSSR count). The van der Waals surface area contributed by atoms with E-state index in [4.69, 9.17) is 4.74 Å². The summed E-state index contributed by atoms with van der Waals surface area (Å²) >= 11 is 0. The Bertz CT molecular complexity index is 769. The Morgan fingerprint density at radius 1 is 1.13 bits per heavy atom. The predicted octanol–water partition coefficient (Wildman–Crippen LogP) is 3.44. The molecule has 0 fully saturated rings. The third-order valence-corrected chi connectivity index (χ3v) is 3.63. The van der Waals surface area contributed by atoms with Crippen molar-refractivity contribution in [2.24, 2.45) is 16.0 Å². The largest absolute Gasteiger partial charge is 0.494 e. The van der Waals surface area contributed by atoms with E-state index in [1.807, 2.05) is 61.5 Å². The third kappa shape index (κ3) is 2.99. The number of carbonyl (C=O) groups is 1. The topological polar surface area (TPSA) is 54.3 Å². The average Bonchev–Trinajstić information content (AvgIpc) is 2.88. The number of hydrogen-bond acceptors (Lipinski definition) is 4. The van der Waals surface area contributed by atoms with Gasteiger partial charge in [-0.2, -0.15) is 10.1 Å². The van der Waals surface area contributed by atoms with Crippen LogP contribution >= 0.6 is 0 Å². The highest BCUT2D eigenvalue weighted by molar-refractivity contribution is 6.23. The molecule has 0 aliphatic carbocycles. The lowest BCUT2D eigenvalue weighted by atomic mass is 10.1. The van der Waals surface area contributed by atoms with Crippen molar-refractivity contribution in [2.75, 3.05) is 12.1 Å². The second-order valence-electron chi connectivity index (χ2n) is 5.15. The van der Waals surface area contributed by atoms with Crippen LogP contribution in [-0.4, -0.2) is 24.9 Å². The molecular formula is C18H17N3O2. The number of methoxy groups -OCH3 is 1. The minimum Gasteiger partial charge on any atom is -0.494 e. The lowest BCUT2D eigenvalue weighted by molar-refractivity contribution is -0.118. The lowest BCUT2D eigenvalue weighted by Crippen LogP contribution is -2.27. The molecule has 2 aromatic carbocycles. The minimum absolute atomic E-state index is 0.104. The minimum atomic E-state index is -0.458. The van der Waals surface area contributed by atoms with Crippen LogP contribution in [-0.2, 0) is 4.79 Å². The van der Waals surface area contributed by atoms with Crippen molar-refractivity contribution in [3.05, 3.63) is 54.6 Å². The summed E-state index contributed by atoms with van der Waals surface area (Å²) in [6.45, 7) is 1.83. The highest BCUT2D eigenvalue weighted by atomic mass is 16.5. The van der Waals surface area contributed by atoms with E-state index in [0.717, 1.165) is 11.4 Å². The monoisotopic (exact) mass is 307 g/mol. The van der Waals surface area contributed by atoms with Crippen LogP contribution in [0.15, 0.2) is 64.7 Å². The first-order valence-corrected chi connectivity index (χ1v) is 7.32. The van der Waals surface area contributed by atoms with Gasteiger partial charge in [-0.05, 0) is 31.2 Å². The number of benzene rings is 2. The standard InChI is InChI=1S/C18H17N3O2/c1-13-15(12-19-16-10-6-7-11-17(16)23-2)18(22)21(20-13)14-8-4-3-5-9-14/h3-12,15H,1-2H3. The molecule has 1 heterocycles. The number of hydrogen-bond donors (Lipinski definition) is 0. The Balaban J connectivity index is 1.83. The van der Waals surface area contributed by atoms with Gasteiger partial charge in [-0.25, -0.2) is 0 Å². The molecule has 0 aromatic heterocycles. The number of hydrazone groups is 1. The SMILES string of the molecule is COc1ccccc1N=CC1C(=O)N(c2ccccc2)N=C1C. The predicted molar refractivity (Wildman–Crippen MR) is 91.7 cm³/mol. The number of ether oxygens (including phenoxy) is 1. The summed E-state index contributed by atoms with van der Waals surface area (Å²) in [5, 5.41) is 5.78. The van der Waals surface area contributed by atoms with Crippen LogP contribution in [0.5, 0.6) is 5.75 Å². The molecule has 0 spiro atoms. The van der Waals surface area contributed by atoms with E-state index in [-0.39, 0.29) is 5.91 Å². The van der Waals surface area contributed by atoms with E-state index >= 15 is 0 Å². The summed E-state index contributed by atoms with van der Waals surface area (Å²) in [6.07, 6.45) is 1.63. The van der Waals surface area contributed by atoms with E-state index in [9.17, 15) is 4.79 Å². The van der Waals surface area contributed by atoms with Gasteiger partial charge in [0.05, 0.1) is 18.5 Å². The number of amides is 1. The molecule has 1 atom stereocenters. The van der Waals surface area contributed by atoms with E-state index in [1.165, 1.54) is 5.01 Å². The Kier molecular flexibility index (Phi) is 4.19. The number of rotatable bonds is 4. The smallest absolute Gasteiger partial charge is 0.261 e. The van der Waals surface area contributed by atoms with Crippen LogP contribution in [0.2, 0.25) is 0 Å². The van der Waals surface area contributed by atoms with Gasteiger partial charge in [0, 0.05) is 6.21 Å². The zero-order chi connectivity index (χ0) is 16.2. The first-order valence-electron chi connectivity index (χ1n) is 7.32. The van der Waals surface area contributed by atoms with Gasteiger partial charge < -0.3 is 4.74 Å². The number of nitrogens with zero attached hydrogens (tertiary/aromatic N) is 3. The van der Waals surface area contributed by atoms with Gasteiger partial charge in [-0.3, -0.25) is 9.79 Å².